The van der Waals surface area contributed by atoms with Crippen LogP contribution in [0.2, 0.25) is 0 Å². The highest BCUT2D eigenvalue weighted by Gasteiger charge is 1.94. The molecule has 41 valence electrons. The molecule has 0 unspecified atom stereocenters. The first kappa shape index (κ1) is 6.55. The minimum atomic E-state index is -0.543. The van der Waals surface area contributed by atoms with Gasteiger partial charge in [-0.3, -0.25) is 9.63 Å². The Labute approximate surface area is 40.8 Å². The van der Waals surface area contributed by atoms with Gasteiger partial charge in [0.1, 0.15) is 13.2 Å². The summed E-state index contributed by atoms with van der Waals surface area (Å²) in [6.45, 7) is -0.866. The monoisotopic (exact) mass is 104 g/mol. The fourth-order valence-electron chi connectivity index (χ4n) is 0.126. The van der Waals surface area contributed by atoms with E-state index in [9.17, 15) is 4.79 Å². The molecule has 2 N–H and O–H groups in total. The minimum Gasteiger partial charge on any atom is -0.388 e. The second-order valence-electron chi connectivity index (χ2n) is 0.985. The molecular weight excluding hydrogens is 98.0 g/mol. The lowest BCUT2D eigenvalue weighted by atomic mass is 10.5. The number of Topliss-reactive ketones (excluding diaryl/α,β-unsaturated/α-hetero) is 1. The van der Waals surface area contributed by atoms with Gasteiger partial charge in [0.25, 0.3) is 0 Å². The van der Waals surface area contributed by atoms with E-state index in [0.29, 0.717) is 0 Å². The van der Waals surface area contributed by atoms with Gasteiger partial charge in [-0.15, -0.1) is 5.90 Å². The van der Waals surface area contributed by atoms with Gasteiger partial charge in [0, 0.05) is 0 Å². The minimum absolute atomic E-state index is 0.323. The first-order valence-electron chi connectivity index (χ1n) is 1.72. The third kappa shape index (κ3) is 3.38. The fraction of sp³-hybridized carbons (Fsp3) is 0.667. The summed E-state index contributed by atoms with van der Waals surface area (Å²) in [6.07, 6.45) is 0. The Morgan fingerprint density at radius 2 is 2.43 bits per heavy atom. The van der Waals surface area contributed by atoms with E-state index in [1.165, 1.54) is 0 Å². The second kappa shape index (κ2) is 3.73. The molecule has 0 aliphatic heterocycles. The van der Waals surface area contributed by atoms with Crippen LogP contribution in [-0.2, 0) is 9.63 Å². The number of nitrogens with one attached hydrogen (secondary N) is 1. The molecule has 0 bridgehead atoms. The summed E-state index contributed by atoms with van der Waals surface area (Å²) in [5.41, 5.74) is 0. The Morgan fingerprint density at radius 3 is 2.57 bits per heavy atom. The van der Waals surface area contributed by atoms with Crippen molar-refractivity contribution in [1.82, 2.24) is 5.90 Å². The summed E-state index contributed by atoms with van der Waals surface area (Å²) in [6, 6.07) is 0. The van der Waals surface area contributed by atoms with Gasteiger partial charge in [-0.1, -0.05) is 0 Å². The largest absolute Gasteiger partial charge is 0.388 e. The van der Waals surface area contributed by atoms with Crippen LogP contribution >= 0.6 is 0 Å². The molecule has 0 aliphatic carbocycles. The van der Waals surface area contributed by atoms with Gasteiger partial charge in [0.15, 0.2) is 5.78 Å². The van der Waals surface area contributed by atoms with E-state index in [1.54, 1.807) is 0 Å². The molecule has 7 heavy (non-hydrogen) atoms. The van der Waals surface area contributed by atoms with Crippen LogP contribution in [0.5, 0.6) is 0 Å². The summed E-state index contributed by atoms with van der Waals surface area (Å²) >= 11 is 0. The van der Waals surface area contributed by atoms with Crippen LogP contribution in [0.4, 0.5) is 0 Å². The van der Waals surface area contributed by atoms with Crippen LogP contribution in [0.1, 0.15) is 0 Å². The Kier molecular flexibility index (Phi) is 3.49. The number of aliphatic hydroxyl groups is 1. The van der Waals surface area contributed by atoms with Crippen molar-refractivity contribution in [3.05, 3.63) is 0 Å². The molecule has 0 fully saturated rings. The first-order valence-corrected chi connectivity index (χ1v) is 1.72. The van der Waals surface area contributed by atoms with Crippen molar-refractivity contribution in [2.24, 2.45) is 0 Å². The van der Waals surface area contributed by atoms with Crippen molar-refractivity contribution >= 4 is 5.78 Å². The van der Waals surface area contributed by atoms with Crippen LogP contribution in [-0.4, -0.2) is 24.1 Å². The molecule has 0 aromatic heterocycles. The van der Waals surface area contributed by atoms with E-state index < -0.39 is 12.4 Å². The predicted octanol–water partition coefficient (Wildman–Crippen LogP) is -1.24. The van der Waals surface area contributed by atoms with Crippen molar-refractivity contribution < 1.29 is 14.7 Å². The first-order chi connectivity index (χ1) is 3.31. The van der Waals surface area contributed by atoms with Crippen LogP contribution < -0.4 is 5.90 Å². The standard InChI is InChI=1S/C3H6NO3/c4-7-2-3(6)1-5/h4-5H,1-2H2. The van der Waals surface area contributed by atoms with Crippen molar-refractivity contribution in [2.75, 3.05) is 13.2 Å². The van der Waals surface area contributed by atoms with Crippen LogP contribution in [0.3, 0.4) is 0 Å². The van der Waals surface area contributed by atoms with Gasteiger partial charge in [0.05, 0.1) is 0 Å². The molecule has 0 atom stereocenters. The van der Waals surface area contributed by atoms with E-state index in [-0.39, 0.29) is 6.61 Å². The molecule has 4 nitrogen and oxygen atoms in total. The number of aliphatic hydroxyl groups excluding tert-OH is 1. The summed E-state index contributed by atoms with van der Waals surface area (Å²) in [5.74, 6) is 5.53. The molecule has 0 aromatic rings. The highest BCUT2D eigenvalue weighted by molar-refractivity contribution is 5.80. The van der Waals surface area contributed by atoms with Gasteiger partial charge in [-0.05, 0) is 0 Å². The van der Waals surface area contributed by atoms with Crippen LogP contribution in [0.15, 0.2) is 0 Å². The Bertz CT molecular complexity index is 63.2. The summed E-state index contributed by atoms with van der Waals surface area (Å²) in [7, 11) is 0. The third-order valence-corrected chi connectivity index (χ3v) is 0.410. The quantitative estimate of drug-likeness (QED) is 0.455. The number of rotatable bonds is 3. The number of hydrogen-bond acceptors (Lipinski definition) is 3. The van der Waals surface area contributed by atoms with Gasteiger partial charge < -0.3 is 5.11 Å². The van der Waals surface area contributed by atoms with E-state index in [4.69, 9.17) is 11.0 Å². The van der Waals surface area contributed by atoms with E-state index in [0.717, 1.165) is 0 Å². The van der Waals surface area contributed by atoms with Gasteiger partial charge in [-0.25, -0.2) is 0 Å². The second-order valence-corrected chi connectivity index (χ2v) is 0.985. The Morgan fingerprint density at radius 1 is 1.86 bits per heavy atom. The van der Waals surface area contributed by atoms with Gasteiger partial charge in [0.2, 0.25) is 0 Å². The smallest absolute Gasteiger partial charge is 0.185 e. The Balaban J connectivity index is 3.00. The molecule has 0 amide bonds. The fourth-order valence-corrected chi connectivity index (χ4v) is 0.126. The summed E-state index contributed by atoms with van der Waals surface area (Å²) < 4.78 is 0. The van der Waals surface area contributed by atoms with E-state index >= 15 is 0 Å². The molecule has 0 rings (SSSR count). The highest BCUT2D eigenvalue weighted by Crippen LogP contribution is 1.67. The molecule has 0 saturated heterocycles. The zero-order valence-electron chi connectivity index (χ0n) is 3.68. The van der Waals surface area contributed by atoms with Crippen LogP contribution in [0.25, 0.3) is 0 Å². The molecule has 4 heteroatoms. The predicted molar refractivity (Wildman–Crippen MR) is 21.1 cm³/mol. The SMILES string of the molecule is [NH]OCC(=O)CO. The zero-order chi connectivity index (χ0) is 5.70. The summed E-state index contributed by atoms with van der Waals surface area (Å²) in [4.78, 5) is 13.6. The maximum atomic E-state index is 9.92. The maximum absolute atomic E-state index is 9.92. The lowest BCUT2D eigenvalue weighted by Gasteiger charge is -1.87. The zero-order valence-corrected chi connectivity index (χ0v) is 3.68. The number of hydrogen-bond donors (Lipinski definition) is 1. The topological polar surface area (TPSA) is 70.3 Å². The lowest BCUT2D eigenvalue weighted by Crippen LogP contribution is -2.11. The molecule has 0 heterocycles. The van der Waals surface area contributed by atoms with Crippen molar-refractivity contribution in [3.8, 4) is 0 Å². The molecule has 0 aliphatic rings. The average molecular weight is 104 g/mol. The number of carbonyl (C=O) groups is 1. The molecule has 0 aromatic carbocycles. The van der Waals surface area contributed by atoms with Crippen molar-refractivity contribution in [2.45, 2.75) is 0 Å². The number of ketones is 1. The maximum Gasteiger partial charge on any atom is 0.185 e. The molecular formula is C3H6NO3. The Hall–Kier alpha value is -0.450. The van der Waals surface area contributed by atoms with E-state index in [2.05, 4.69) is 4.84 Å². The molecule has 1 radical (unpaired) electrons. The molecule has 0 saturated carbocycles. The average Bonchev–Trinajstić information content (AvgIpc) is 1.68. The van der Waals surface area contributed by atoms with Gasteiger partial charge >= 0.3 is 0 Å². The van der Waals surface area contributed by atoms with Crippen molar-refractivity contribution in [1.29, 1.82) is 0 Å². The van der Waals surface area contributed by atoms with Gasteiger partial charge in [-0.2, -0.15) is 0 Å². The lowest BCUT2D eigenvalue weighted by molar-refractivity contribution is -0.126. The van der Waals surface area contributed by atoms with E-state index in [1.807, 2.05) is 0 Å². The molecule has 0 spiro atoms. The summed E-state index contributed by atoms with van der Waals surface area (Å²) in [5, 5.41) is 7.95. The highest BCUT2D eigenvalue weighted by atomic mass is 16.6. The van der Waals surface area contributed by atoms with Crippen LogP contribution in [0, 0.1) is 0 Å². The third-order valence-electron chi connectivity index (χ3n) is 0.410. The number of carbonyl (C=O) groups excluding carboxylic acids is 1. The van der Waals surface area contributed by atoms with Crippen molar-refractivity contribution in [3.63, 3.8) is 0 Å². The normalized spacial score (nSPS) is 8.86.